The Morgan fingerprint density at radius 2 is 1.80 bits per heavy atom. The quantitative estimate of drug-likeness (QED) is 0.369. The lowest BCUT2D eigenvalue weighted by Crippen LogP contribution is -2.57. The van der Waals surface area contributed by atoms with Crippen LogP contribution in [-0.2, 0) is 29.7 Å². The van der Waals surface area contributed by atoms with Crippen molar-refractivity contribution in [2.45, 2.75) is 89.2 Å². The van der Waals surface area contributed by atoms with E-state index < -0.39 is 70.8 Å². The second-order valence-corrected chi connectivity index (χ2v) is 12.8. The summed E-state index contributed by atoms with van der Waals surface area (Å²) in [7, 11) is 1.19. The highest BCUT2D eigenvalue weighted by Crippen LogP contribution is 2.40. The minimum atomic E-state index is -3.61. The summed E-state index contributed by atoms with van der Waals surface area (Å²) in [6, 6.07) is 4.34. The van der Waals surface area contributed by atoms with E-state index in [2.05, 4.69) is 15.3 Å². The van der Waals surface area contributed by atoms with Crippen molar-refractivity contribution in [2.75, 3.05) is 20.3 Å². The zero-order chi connectivity index (χ0) is 31.9. The summed E-state index contributed by atoms with van der Waals surface area (Å²) in [5.74, 6) is -5.33. The first-order chi connectivity index (χ1) is 20.7. The SMILES string of the molecule is COC(=O)[C@@H]1C[C@]2(C)CN1C(=O)[C@H](C(C)(C)C)NC(=O)O[C@@H]1CCC[C@H]1OCC=CC(F)(F)c1nc3ccccc3nc1O2. The molecule has 11 nitrogen and oxygen atoms in total. The molecule has 0 spiro atoms. The number of alkyl halides is 2. The number of ether oxygens (including phenoxy) is 4. The van der Waals surface area contributed by atoms with E-state index in [1.165, 1.54) is 18.1 Å². The van der Waals surface area contributed by atoms with Gasteiger partial charge in [0.1, 0.15) is 23.8 Å². The van der Waals surface area contributed by atoms with E-state index >= 15 is 8.78 Å². The maximum Gasteiger partial charge on any atom is 0.408 e. The summed E-state index contributed by atoms with van der Waals surface area (Å²) in [4.78, 5) is 50.1. The monoisotopic (exact) mass is 616 g/mol. The number of para-hydroxylation sites is 2. The van der Waals surface area contributed by atoms with Crippen LogP contribution in [0, 0.1) is 5.41 Å². The van der Waals surface area contributed by atoms with Gasteiger partial charge in [-0.1, -0.05) is 39.0 Å². The molecule has 5 atom stereocenters. The number of halogens is 2. The number of alkyl carbamates (subject to hydrolysis) is 1. The number of allylic oxidation sites excluding steroid dienone is 1. The average Bonchev–Trinajstić information content (AvgIpc) is 3.55. The zero-order valence-electron chi connectivity index (χ0n) is 25.5. The molecule has 44 heavy (non-hydrogen) atoms. The molecule has 1 aliphatic carbocycles. The highest BCUT2D eigenvalue weighted by Gasteiger charge is 2.52. The van der Waals surface area contributed by atoms with Gasteiger partial charge in [0.2, 0.25) is 11.8 Å². The predicted octanol–water partition coefficient (Wildman–Crippen LogP) is 4.28. The van der Waals surface area contributed by atoms with E-state index in [0.717, 1.165) is 0 Å². The molecule has 0 unspecified atom stereocenters. The normalized spacial score (nSPS) is 29.5. The highest BCUT2D eigenvalue weighted by atomic mass is 19.3. The van der Waals surface area contributed by atoms with Gasteiger partial charge in [0, 0.05) is 6.42 Å². The Kier molecular flexibility index (Phi) is 8.54. The molecule has 1 N–H and O–H groups in total. The number of fused-ring (bicyclic) bond motifs is 5. The van der Waals surface area contributed by atoms with Crippen LogP contribution in [0.1, 0.15) is 59.1 Å². The molecule has 1 saturated carbocycles. The Hall–Kier alpha value is -3.87. The molecule has 1 aromatic heterocycles. The molecule has 1 aromatic carbocycles. The standard InChI is InChI=1S/C31H38F2N4O7/c1-29(2,3)24-26(38)37-17-30(4,16-20(37)27(39)41-5)44-25-23(34-18-10-6-7-11-19(18)35-25)31(32,33)14-9-15-42-21-12-8-13-22(21)43-28(40)36-24/h6-7,9-11,14,20-22,24H,8,12-13,15-17H2,1-5H3,(H,36,40)/t20-,21+,22+,24+,30+/m0/s1. The minimum absolute atomic E-state index is 0.0837. The maximum atomic E-state index is 15.8. The number of nitrogens with one attached hydrogen (secondary N) is 1. The Labute approximate surface area is 254 Å². The third kappa shape index (κ3) is 6.47. The van der Waals surface area contributed by atoms with Crippen LogP contribution in [0.2, 0.25) is 0 Å². The first-order valence-corrected chi connectivity index (χ1v) is 14.7. The number of methoxy groups -OCH3 is 1. The van der Waals surface area contributed by atoms with Crippen molar-refractivity contribution in [2.24, 2.45) is 5.41 Å². The van der Waals surface area contributed by atoms with Crippen LogP contribution in [0.4, 0.5) is 13.6 Å². The lowest BCUT2D eigenvalue weighted by Gasteiger charge is -2.35. The maximum absolute atomic E-state index is 15.8. The summed E-state index contributed by atoms with van der Waals surface area (Å²) in [6.45, 7) is 6.58. The molecule has 3 aliphatic rings. The molecule has 5 rings (SSSR count). The highest BCUT2D eigenvalue weighted by molar-refractivity contribution is 5.91. The third-order valence-corrected chi connectivity index (χ3v) is 8.22. The van der Waals surface area contributed by atoms with Crippen molar-refractivity contribution in [3.63, 3.8) is 0 Å². The van der Waals surface area contributed by atoms with Crippen molar-refractivity contribution in [3.8, 4) is 5.88 Å². The Bertz CT molecular complexity index is 1460. The summed E-state index contributed by atoms with van der Waals surface area (Å²) >= 11 is 0. The lowest BCUT2D eigenvalue weighted by molar-refractivity contribution is -0.152. The van der Waals surface area contributed by atoms with Crippen molar-refractivity contribution >= 4 is 29.0 Å². The first kappa shape index (κ1) is 31.6. The summed E-state index contributed by atoms with van der Waals surface area (Å²) in [5.41, 5.74) is -2.28. The smallest absolute Gasteiger partial charge is 0.408 e. The molecule has 0 radical (unpaired) electrons. The van der Waals surface area contributed by atoms with Crippen molar-refractivity contribution in [1.29, 1.82) is 0 Å². The lowest BCUT2D eigenvalue weighted by atomic mass is 9.85. The third-order valence-electron chi connectivity index (χ3n) is 8.22. The fraction of sp³-hybridized carbons (Fsp3) is 0.581. The molecule has 3 heterocycles. The molecule has 13 heteroatoms. The number of carbonyl (C=O) groups is 3. The number of hydrogen-bond acceptors (Lipinski definition) is 9. The van der Waals surface area contributed by atoms with Gasteiger partial charge in [-0.15, -0.1) is 0 Å². The number of aromatic nitrogens is 2. The van der Waals surface area contributed by atoms with E-state index in [0.29, 0.717) is 30.9 Å². The number of carbonyl (C=O) groups excluding carboxylic acids is 3. The molecular formula is C31H38F2N4O7. The summed E-state index contributed by atoms with van der Waals surface area (Å²) in [6.07, 6.45) is 1.65. The van der Waals surface area contributed by atoms with E-state index in [1.54, 1.807) is 52.0 Å². The number of benzene rings is 1. The van der Waals surface area contributed by atoms with Crippen LogP contribution < -0.4 is 10.1 Å². The Balaban J connectivity index is 1.60. The predicted molar refractivity (Wildman–Crippen MR) is 154 cm³/mol. The molecule has 1 saturated heterocycles. The van der Waals surface area contributed by atoms with Gasteiger partial charge in [0.25, 0.3) is 0 Å². The van der Waals surface area contributed by atoms with Gasteiger partial charge in [-0.25, -0.2) is 19.6 Å². The van der Waals surface area contributed by atoms with E-state index in [4.69, 9.17) is 18.9 Å². The molecule has 2 amide bonds. The van der Waals surface area contributed by atoms with Gasteiger partial charge in [-0.3, -0.25) is 4.79 Å². The van der Waals surface area contributed by atoms with E-state index in [1.807, 2.05) is 0 Å². The second-order valence-electron chi connectivity index (χ2n) is 12.8. The van der Waals surface area contributed by atoms with Gasteiger partial charge < -0.3 is 29.2 Å². The molecule has 2 fully saturated rings. The zero-order valence-corrected chi connectivity index (χ0v) is 25.5. The van der Waals surface area contributed by atoms with Crippen molar-refractivity contribution < 1.29 is 42.1 Å². The van der Waals surface area contributed by atoms with Gasteiger partial charge in [0.15, 0.2) is 5.69 Å². The molecule has 2 aromatic rings. The Morgan fingerprint density at radius 3 is 2.48 bits per heavy atom. The number of hydrogen-bond donors (Lipinski definition) is 1. The number of amides is 2. The molecule has 238 valence electrons. The molecule has 2 aliphatic heterocycles. The van der Waals surface area contributed by atoms with Crippen LogP contribution in [0.3, 0.4) is 0 Å². The number of esters is 1. The van der Waals surface area contributed by atoms with E-state index in [-0.39, 0.29) is 25.1 Å². The average molecular weight is 617 g/mol. The van der Waals surface area contributed by atoms with Crippen molar-refractivity contribution in [1.82, 2.24) is 20.2 Å². The van der Waals surface area contributed by atoms with Crippen LogP contribution in [0.25, 0.3) is 11.0 Å². The Morgan fingerprint density at radius 1 is 1.11 bits per heavy atom. The summed E-state index contributed by atoms with van der Waals surface area (Å²) < 4.78 is 54.3. The fourth-order valence-corrected chi connectivity index (χ4v) is 5.99. The second kappa shape index (κ2) is 11.9. The van der Waals surface area contributed by atoms with E-state index in [9.17, 15) is 14.4 Å². The van der Waals surface area contributed by atoms with Gasteiger partial charge >= 0.3 is 18.0 Å². The number of nitrogens with zero attached hydrogens (tertiary/aromatic N) is 3. The van der Waals surface area contributed by atoms with Crippen molar-refractivity contribution in [3.05, 3.63) is 42.1 Å². The van der Waals surface area contributed by atoms with Crippen LogP contribution >= 0.6 is 0 Å². The van der Waals surface area contributed by atoms with Crippen LogP contribution in [-0.4, -0.2) is 83.0 Å². The first-order valence-electron chi connectivity index (χ1n) is 14.7. The minimum Gasteiger partial charge on any atom is -0.468 e. The van der Waals surface area contributed by atoms with Gasteiger partial charge in [0.05, 0.1) is 37.4 Å². The van der Waals surface area contributed by atoms with Crippen LogP contribution in [0.15, 0.2) is 36.4 Å². The molecule has 2 bridgehead atoms. The number of rotatable bonds is 1. The fourth-order valence-electron chi connectivity index (χ4n) is 5.99. The topological polar surface area (TPSA) is 129 Å². The van der Waals surface area contributed by atoms with Crippen LogP contribution in [0.5, 0.6) is 5.88 Å². The van der Waals surface area contributed by atoms with Gasteiger partial charge in [-0.05, 0) is 49.8 Å². The largest absolute Gasteiger partial charge is 0.468 e. The summed E-state index contributed by atoms with van der Waals surface area (Å²) in [5, 5.41) is 2.71. The molecular weight excluding hydrogens is 578 g/mol. The van der Waals surface area contributed by atoms with Gasteiger partial charge in [-0.2, -0.15) is 8.78 Å².